The van der Waals surface area contributed by atoms with Gasteiger partial charge in [-0.05, 0) is 37.0 Å². The largest absolute Gasteiger partial charge is 0.369 e. The average molecular weight is 481 g/mol. The number of piperazine rings is 1. The summed E-state index contributed by atoms with van der Waals surface area (Å²) in [7, 11) is 1.68. The molecule has 186 valence electrons. The van der Waals surface area contributed by atoms with Crippen LogP contribution in [0.2, 0.25) is 0 Å². The smallest absolute Gasteiger partial charge is 0.348 e. The Bertz CT molecular complexity index is 1250. The number of anilines is 1. The number of benzene rings is 1. The number of rotatable bonds is 4. The van der Waals surface area contributed by atoms with Gasteiger partial charge in [0.25, 0.3) is 0 Å². The number of imide groups is 1. The summed E-state index contributed by atoms with van der Waals surface area (Å²) in [6.07, 6.45) is 2.79. The highest BCUT2D eigenvalue weighted by Gasteiger charge is 2.50. The molecule has 2 aromatic rings. The predicted octanol–water partition coefficient (Wildman–Crippen LogP) is 0.206. The molecule has 6 rings (SSSR count). The van der Waals surface area contributed by atoms with Gasteiger partial charge in [-0.3, -0.25) is 23.9 Å². The van der Waals surface area contributed by atoms with E-state index < -0.39 is 5.69 Å². The zero-order chi connectivity index (χ0) is 24.3. The Hall–Kier alpha value is -2.98. The zero-order valence-electron chi connectivity index (χ0n) is 20.2. The number of carbonyl (C=O) groups is 3. The van der Waals surface area contributed by atoms with Crippen LogP contribution in [0.3, 0.4) is 0 Å². The number of amides is 2. The van der Waals surface area contributed by atoms with Crippen molar-refractivity contribution in [1.82, 2.24) is 19.5 Å². The summed E-state index contributed by atoms with van der Waals surface area (Å²) in [5.41, 5.74) is 1.82. The molecule has 1 saturated carbocycles. The minimum atomic E-state index is -0.392. The van der Waals surface area contributed by atoms with Crippen LogP contribution < -0.4 is 20.9 Å². The second-order valence-electron chi connectivity index (χ2n) is 10.6. The summed E-state index contributed by atoms with van der Waals surface area (Å²) >= 11 is 0. The first-order valence-electron chi connectivity index (χ1n) is 12.7. The molecule has 2 amide bonds. The first-order valence-corrected chi connectivity index (χ1v) is 12.7. The van der Waals surface area contributed by atoms with Crippen LogP contribution >= 0.6 is 0 Å². The van der Waals surface area contributed by atoms with Gasteiger partial charge in [-0.25, -0.2) is 4.79 Å². The second-order valence-corrected chi connectivity index (χ2v) is 10.6. The van der Waals surface area contributed by atoms with Crippen molar-refractivity contribution in [2.45, 2.75) is 32.1 Å². The van der Waals surface area contributed by atoms with Crippen molar-refractivity contribution >= 4 is 34.3 Å². The van der Waals surface area contributed by atoms with E-state index in [9.17, 15) is 19.2 Å². The highest BCUT2D eigenvalue weighted by atomic mass is 16.2. The summed E-state index contributed by atoms with van der Waals surface area (Å²) in [5.74, 6) is 0.236. The summed E-state index contributed by atoms with van der Waals surface area (Å²) < 4.78 is 2.74. The van der Waals surface area contributed by atoms with E-state index >= 15 is 0 Å². The number of hydrogen-bond donors (Lipinski definition) is 1. The molecule has 10 heteroatoms. The number of nitrogens with one attached hydrogen (secondary N) is 1. The molecule has 4 aliphatic rings. The fraction of sp³-hybridized carbons (Fsp3) is 0.600. The van der Waals surface area contributed by atoms with E-state index in [0.717, 1.165) is 62.9 Å². The van der Waals surface area contributed by atoms with E-state index in [-0.39, 0.29) is 30.1 Å². The fourth-order valence-electron chi connectivity index (χ4n) is 6.33. The molecule has 1 aliphatic carbocycles. The monoisotopic (exact) mass is 480 g/mol. The quantitative estimate of drug-likeness (QED) is 0.625. The third-order valence-corrected chi connectivity index (χ3v) is 8.40. The molecule has 35 heavy (non-hydrogen) atoms. The topological polar surface area (TPSA) is 99.9 Å². The number of aromatic nitrogens is 2. The molecular weight excluding hydrogens is 448 g/mol. The van der Waals surface area contributed by atoms with Crippen molar-refractivity contribution in [3.63, 3.8) is 0 Å². The van der Waals surface area contributed by atoms with Crippen molar-refractivity contribution in [2.24, 2.45) is 18.4 Å². The molecule has 10 nitrogen and oxygen atoms in total. The SMILES string of the molecule is Cn1c(=O)n(N2C(=O)CCCC2=O)c2ccc(N3CCN(CC4CC(=O)C5(CNC5)C4)CC3)cc21. The van der Waals surface area contributed by atoms with Gasteiger partial charge in [0, 0.05) is 77.8 Å². The van der Waals surface area contributed by atoms with Gasteiger partial charge in [-0.2, -0.15) is 9.69 Å². The maximum Gasteiger partial charge on any atom is 0.348 e. The molecule has 3 aliphatic heterocycles. The number of nitrogens with zero attached hydrogens (tertiary/aromatic N) is 5. The summed E-state index contributed by atoms with van der Waals surface area (Å²) in [4.78, 5) is 55.1. The molecule has 4 heterocycles. The van der Waals surface area contributed by atoms with Gasteiger partial charge in [0.05, 0.1) is 16.4 Å². The van der Waals surface area contributed by atoms with Crippen LogP contribution in [0, 0.1) is 11.3 Å². The van der Waals surface area contributed by atoms with E-state index in [1.165, 1.54) is 9.24 Å². The van der Waals surface area contributed by atoms with Crippen LogP contribution in [-0.2, 0) is 21.4 Å². The number of ketones is 1. The number of imidazole rings is 1. The molecule has 1 N–H and O–H groups in total. The lowest BCUT2D eigenvalue weighted by atomic mass is 9.78. The van der Waals surface area contributed by atoms with Crippen LogP contribution in [0.5, 0.6) is 0 Å². The van der Waals surface area contributed by atoms with Gasteiger partial charge >= 0.3 is 5.69 Å². The van der Waals surface area contributed by atoms with Crippen molar-refractivity contribution in [3.05, 3.63) is 28.7 Å². The lowest BCUT2D eigenvalue weighted by Gasteiger charge is -2.39. The Morgan fingerprint density at radius 3 is 2.31 bits per heavy atom. The van der Waals surface area contributed by atoms with Gasteiger partial charge in [0.2, 0.25) is 11.8 Å². The molecule has 1 aromatic carbocycles. The normalized spacial score (nSPS) is 25.2. The number of hydrogen-bond acceptors (Lipinski definition) is 7. The fourth-order valence-corrected chi connectivity index (χ4v) is 6.33. The minimum Gasteiger partial charge on any atom is -0.369 e. The summed E-state index contributed by atoms with van der Waals surface area (Å²) in [6, 6.07) is 5.78. The maximum absolute atomic E-state index is 13.0. The van der Waals surface area contributed by atoms with E-state index in [4.69, 9.17) is 0 Å². The summed E-state index contributed by atoms with van der Waals surface area (Å²) in [6.45, 7) is 6.30. The second kappa shape index (κ2) is 8.30. The lowest BCUT2D eigenvalue weighted by molar-refractivity contribution is -0.131. The number of Topliss-reactive ketones (excluding diaryl/α,β-unsaturated/α-hetero) is 1. The van der Waals surface area contributed by atoms with Gasteiger partial charge in [-0.1, -0.05) is 0 Å². The Kier molecular flexibility index (Phi) is 5.33. The predicted molar refractivity (Wildman–Crippen MR) is 131 cm³/mol. The first-order chi connectivity index (χ1) is 16.9. The van der Waals surface area contributed by atoms with Crippen LogP contribution in [0.25, 0.3) is 11.0 Å². The van der Waals surface area contributed by atoms with Gasteiger partial charge in [0.15, 0.2) is 0 Å². The first kappa shape index (κ1) is 22.5. The third kappa shape index (κ3) is 3.61. The molecule has 1 unspecified atom stereocenters. The zero-order valence-corrected chi connectivity index (χ0v) is 20.2. The lowest BCUT2D eigenvalue weighted by Crippen LogP contribution is -2.56. The Morgan fingerprint density at radius 1 is 0.971 bits per heavy atom. The Labute approximate surface area is 203 Å². The highest BCUT2D eigenvalue weighted by Crippen LogP contribution is 2.42. The van der Waals surface area contributed by atoms with E-state index in [1.807, 2.05) is 18.2 Å². The van der Waals surface area contributed by atoms with Gasteiger partial charge in [0.1, 0.15) is 5.78 Å². The minimum absolute atomic E-state index is 0.0718. The number of fused-ring (bicyclic) bond motifs is 1. The molecule has 1 atom stereocenters. The van der Waals surface area contributed by atoms with Gasteiger partial charge < -0.3 is 10.2 Å². The summed E-state index contributed by atoms with van der Waals surface area (Å²) in [5, 5.41) is 4.29. The van der Waals surface area contributed by atoms with E-state index in [1.54, 1.807) is 7.05 Å². The molecule has 1 spiro atoms. The Balaban J connectivity index is 1.16. The molecular formula is C25H32N6O4. The Morgan fingerprint density at radius 2 is 1.69 bits per heavy atom. The van der Waals surface area contributed by atoms with Crippen LogP contribution in [-0.4, -0.2) is 77.6 Å². The van der Waals surface area contributed by atoms with Crippen LogP contribution in [0.15, 0.2) is 23.0 Å². The van der Waals surface area contributed by atoms with Crippen molar-refractivity contribution in [1.29, 1.82) is 0 Å². The maximum atomic E-state index is 13.0. The average Bonchev–Trinajstić information content (AvgIpc) is 3.28. The molecule has 1 aromatic heterocycles. The van der Waals surface area contributed by atoms with Crippen LogP contribution in [0.4, 0.5) is 5.69 Å². The van der Waals surface area contributed by atoms with Crippen molar-refractivity contribution < 1.29 is 14.4 Å². The molecule has 0 radical (unpaired) electrons. The number of carbonyl (C=O) groups excluding carboxylic acids is 3. The molecule has 0 bridgehead atoms. The van der Waals surface area contributed by atoms with Crippen molar-refractivity contribution in [2.75, 3.05) is 55.7 Å². The standard InChI is InChI=1S/C25H32N6O4/c1-27-20-12-18(5-6-19(20)30(24(27)35)31-22(33)3-2-4-23(31)34)29-9-7-28(8-10-29)14-17-11-21(32)25(13-17)15-26-16-25/h5-6,12,17,26H,2-4,7-11,13-16H2,1H3. The molecule has 3 saturated heterocycles. The van der Waals surface area contributed by atoms with Crippen molar-refractivity contribution in [3.8, 4) is 0 Å². The third-order valence-electron chi connectivity index (χ3n) is 8.40. The van der Waals surface area contributed by atoms with E-state index in [2.05, 4.69) is 15.1 Å². The molecule has 4 fully saturated rings. The van der Waals surface area contributed by atoms with E-state index in [0.29, 0.717) is 35.6 Å². The number of piperidine rings is 1. The van der Waals surface area contributed by atoms with Crippen LogP contribution in [0.1, 0.15) is 32.1 Å². The van der Waals surface area contributed by atoms with Gasteiger partial charge in [-0.15, -0.1) is 0 Å². The highest BCUT2D eigenvalue weighted by molar-refractivity contribution is 6.11. The number of aryl methyl sites for hydroxylation is 1.